The second kappa shape index (κ2) is 2.03. The van der Waals surface area contributed by atoms with Crippen molar-refractivity contribution in [3.05, 3.63) is 15.0 Å². The van der Waals surface area contributed by atoms with Crippen LogP contribution in [-0.4, -0.2) is 4.98 Å². The summed E-state index contributed by atoms with van der Waals surface area (Å²) >= 11 is 7.10. The number of hydrogen-bond acceptors (Lipinski definition) is 2. The van der Waals surface area contributed by atoms with E-state index in [4.69, 9.17) is 11.6 Å². The fourth-order valence-corrected chi connectivity index (χ4v) is 1.54. The summed E-state index contributed by atoms with van der Waals surface area (Å²) in [5.74, 6) is 0. The largest absolute Gasteiger partial charge is 0.230 e. The van der Waals surface area contributed by atoms with Gasteiger partial charge in [0.05, 0.1) is 5.69 Å². The molecule has 0 aliphatic carbocycles. The molecular weight excluding hydrogens is 142 g/mol. The molecule has 0 spiro atoms. The van der Waals surface area contributed by atoms with E-state index in [0.29, 0.717) is 4.47 Å². The van der Waals surface area contributed by atoms with E-state index in [1.54, 1.807) is 0 Å². The van der Waals surface area contributed by atoms with Crippen LogP contribution in [0.5, 0.6) is 0 Å². The minimum Gasteiger partial charge on any atom is -0.230 e. The molecule has 0 saturated heterocycles. The first-order valence-electron chi connectivity index (χ1n) is 2.29. The van der Waals surface area contributed by atoms with Crippen molar-refractivity contribution < 1.29 is 0 Å². The number of halogens is 1. The highest BCUT2D eigenvalue weighted by atomic mass is 35.5. The molecule has 0 atom stereocenters. The summed E-state index contributed by atoms with van der Waals surface area (Å²) < 4.78 is 0.639. The Morgan fingerprint density at radius 2 is 2.12 bits per heavy atom. The molecular formula is C5H6ClNS. The van der Waals surface area contributed by atoms with Gasteiger partial charge in [0.25, 0.3) is 0 Å². The van der Waals surface area contributed by atoms with Gasteiger partial charge in [-0.2, -0.15) is 0 Å². The van der Waals surface area contributed by atoms with Gasteiger partial charge < -0.3 is 0 Å². The van der Waals surface area contributed by atoms with Gasteiger partial charge in [0.1, 0.15) is 0 Å². The molecule has 0 radical (unpaired) electrons. The van der Waals surface area contributed by atoms with Crippen molar-refractivity contribution in [3.8, 4) is 0 Å². The average Bonchev–Trinajstić information content (AvgIpc) is 1.85. The first kappa shape index (κ1) is 6.05. The van der Waals surface area contributed by atoms with Crippen LogP contribution in [-0.2, 0) is 0 Å². The van der Waals surface area contributed by atoms with Gasteiger partial charge in [-0.3, -0.25) is 0 Å². The highest BCUT2D eigenvalue weighted by molar-refractivity contribution is 7.15. The van der Waals surface area contributed by atoms with Crippen LogP contribution >= 0.6 is 22.9 Å². The predicted molar refractivity (Wildman–Crippen MR) is 36.6 cm³/mol. The van der Waals surface area contributed by atoms with Crippen molar-refractivity contribution in [1.82, 2.24) is 4.98 Å². The van der Waals surface area contributed by atoms with Crippen LogP contribution in [0.3, 0.4) is 0 Å². The highest BCUT2D eigenvalue weighted by Gasteiger charge is 1.97. The zero-order valence-corrected chi connectivity index (χ0v) is 6.31. The molecule has 0 N–H and O–H groups in total. The topological polar surface area (TPSA) is 12.9 Å². The number of aryl methyl sites for hydroxylation is 2. The van der Waals surface area contributed by atoms with E-state index in [9.17, 15) is 0 Å². The Hall–Kier alpha value is -0.0800. The molecule has 1 aromatic heterocycles. The lowest BCUT2D eigenvalue weighted by Gasteiger charge is -1.77. The Morgan fingerprint density at radius 1 is 1.50 bits per heavy atom. The van der Waals surface area contributed by atoms with E-state index in [2.05, 4.69) is 4.98 Å². The maximum Gasteiger partial charge on any atom is 0.184 e. The number of aromatic nitrogens is 1. The van der Waals surface area contributed by atoms with E-state index in [1.807, 2.05) is 13.8 Å². The standard InChI is InChI=1S/C5H6ClNS/c1-3-4(2)8-5(6)7-3/h1-2H3. The molecule has 1 heterocycles. The number of rotatable bonds is 0. The van der Waals surface area contributed by atoms with Gasteiger partial charge in [0.15, 0.2) is 4.47 Å². The van der Waals surface area contributed by atoms with Crippen molar-refractivity contribution in [1.29, 1.82) is 0 Å². The Morgan fingerprint density at radius 3 is 2.25 bits per heavy atom. The van der Waals surface area contributed by atoms with Gasteiger partial charge >= 0.3 is 0 Å². The van der Waals surface area contributed by atoms with E-state index >= 15 is 0 Å². The van der Waals surface area contributed by atoms with E-state index < -0.39 is 0 Å². The minimum absolute atomic E-state index is 0.639. The lowest BCUT2D eigenvalue weighted by Crippen LogP contribution is -1.69. The molecule has 0 bridgehead atoms. The third kappa shape index (κ3) is 1.01. The molecule has 8 heavy (non-hydrogen) atoms. The number of nitrogens with zero attached hydrogens (tertiary/aromatic N) is 1. The average molecular weight is 148 g/mol. The second-order valence-corrected chi connectivity index (χ2v) is 3.39. The summed E-state index contributed by atoms with van der Waals surface area (Å²) in [5, 5.41) is 0. The maximum atomic E-state index is 5.57. The van der Waals surface area contributed by atoms with E-state index in [-0.39, 0.29) is 0 Å². The summed E-state index contributed by atoms with van der Waals surface area (Å²) in [6, 6.07) is 0. The Balaban J connectivity index is 3.14. The first-order chi connectivity index (χ1) is 3.70. The molecule has 0 saturated carbocycles. The molecule has 1 nitrogen and oxygen atoms in total. The Bertz CT molecular complexity index is 175. The van der Waals surface area contributed by atoms with Crippen LogP contribution in [0.2, 0.25) is 4.47 Å². The zero-order valence-electron chi connectivity index (χ0n) is 4.73. The fourth-order valence-electron chi connectivity index (χ4n) is 0.434. The molecule has 0 unspecified atom stereocenters. The molecule has 44 valence electrons. The first-order valence-corrected chi connectivity index (χ1v) is 3.49. The normalized spacial score (nSPS) is 9.88. The third-order valence-corrected chi connectivity index (χ3v) is 2.18. The van der Waals surface area contributed by atoms with Gasteiger partial charge in [-0.25, -0.2) is 4.98 Å². The van der Waals surface area contributed by atoms with E-state index in [1.165, 1.54) is 16.2 Å². The number of hydrogen-bond donors (Lipinski definition) is 0. The Labute approximate surface area is 57.3 Å². The molecule has 1 aromatic rings. The lowest BCUT2D eigenvalue weighted by molar-refractivity contribution is 1.23. The van der Waals surface area contributed by atoms with Gasteiger partial charge in [0, 0.05) is 4.88 Å². The number of thiazole rings is 1. The van der Waals surface area contributed by atoms with Crippen molar-refractivity contribution in [3.63, 3.8) is 0 Å². The highest BCUT2D eigenvalue weighted by Crippen LogP contribution is 2.20. The van der Waals surface area contributed by atoms with Crippen LogP contribution in [0, 0.1) is 13.8 Å². The molecule has 3 heteroatoms. The van der Waals surface area contributed by atoms with Crippen LogP contribution in [0.1, 0.15) is 10.6 Å². The minimum atomic E-state index is 0.639. The van der Waals surface area contributed by atoms with Gasteiger partial charge in [-0.15, -0.1) is 11.3 Å². The second-order valence-electron chi connectivity index (χ2n) is 1.61. The van der Waals surface area contributed by atoms with Crippen LogP contribution in [0.15, 0.2) is 0 Å². The van der Waals surface area contributed by atoms with Crippen LogP contribution in [0.4, 0.5) is 0 Å². The van der Waals surface area contributed by atoms with Crippen molar-refractivity contribution in [2.75, 3.05) is 0 Å². The lowest BCUT2D eigenvalue weighted by atomic mass is 10.4. The summed E-state index contributed by atoms with van der Waals surface area (Å²) in [6.07, 6.45) is 0. The Kier molecular flexibility index (Phi) is 1.54. The monoisotopic (exact) mass is 147 g/mol. The summed E-state index contributed by atoms with van der Waals surface area (Å²) in [4.78, 5) is 5.20. The van der Waals surface area contributed by atoms with Crippen LogP contribution < -0.4 is 0 Å². The molecule has 0 aliphatic heterocycles. The molecule has 0 aliphatic rings. The van der Waals surface area contributed by atoms with Crippen molar-refractivity contribution >= 4 is 22.9 Å². The third-order valence-electron chi connectivity index (χ3n) is 1.00. The molecule has 0 fully saturated rings. The van der Waals surface area contributed by atoms with Gasteiger partial charge in [0.2, 0.25) is 0 Å². The maximum absolute atomic E-state index is 5.57. The molecule has 1 rings (SSSR count). The SMILES string of the molecule is Cc1nc(Cl)sc1C. The van der Waals surface area contributed by atoms with E-state index in [0.717, 1.165) is 5.69 Å². The smallest absolute Gasteiger partial charge is 0.184 e. The summed E-state index contributed by atoms with van der Waals surface area (Å²) in [5.41, 5.74) is 1.04. The fraction of sp³-hybridized carbons (Fsp3) is 0.400. The van der Waals surface area contributed by atoms with Crippen LogP contribution in [0.25, 0.3) is 0 Å². The van der Waals surface area contributed by atoms with Crippen molar-refractivity contribution in [2.45, 2.75) is 13.8 Å². The quantitative estimate of drug-likeness (QED) is 0.549. The van der Waals surface area contributed by atoms with Crippen molar-refractivity contribution in [2.24, 2.45) is 0 Å². The summed E-state index contributed by atoms with van der Waals surface area (Å²) in [6.45, 7) is 3.97. The van der Waals surface area contributed by atoms with Gasteiger partial charge in [-0.05, 0) is 13.8 Å². The predicted octanol–water partition coefficient (Wildman–Crippen LogP) is 2.41. The molecule has 0 amide bonds. The molecule has 0 aromatic carbocycles. The summed E-state index contributed by atoms with van der Waals surface area (Å²) in [7, 11) is 0. The zero-order chi connectivity index (χ0) is 6.15. The van der Waals surface area contributed by atoms with Gasteiger partial charge in [-0.1, -0.05) is 11.6 Å².